The number of rotatable bonds is 6. The van der Waals surface area contributed by atoms with Gasteiger partial charge < -0.3 is 0 Å². The molecule has 0 atom stereocenters. The number of nitrogens with zero attached hydrogens (tertiary/aromatic N) is 3. The van der Waals surface area contributed by atoms with Crippen molar-refractivity contribution < 1.29 is 4.79 Å². The van der Waals surface area contributed by atoms with Crippen molar-refractivity contribution in [2.45, 2.75) is 32.2 Å². The maximum atomic E-state index is 13.6. The van der Waals surface area contributed by atoms with Gasteiger partial charge in [0.15, 0.2) is 5.13 Å². The van der Waals surface area contributed by atoms with Crippen molar-refractivity contribution in [3.8, 4) is 0 Å². The normalized spacial score (nSPS) is 11.0. The molecule has 152 valence electrons. The molecule has 4 aromatic rings. The predicted molar refractivity (Wildman–Crippen MR) is 127 cm³/mol. The third-order valence-electron chi connectivity index (χ3n) is 4.91. The quantitative estimate of drug-likeness (QED) is 0.336. The Morgan fingerprint density at radius 3 is 2.67 bits per heavy atom. The Balaban J connectivity index is 1.76. The van der Waals surface area contributed by atoms with Crippen molar-refractivity contribution in [1.82, 2.24) is 9.97 Å². The molecule has 0 radical (unpaired) electrons. The Kier molecular flexibility index (Phi) is 6.16. The highest BCUT2D eigenvalue weighted by molar-refractivity contribution is 7.99. The van der Waals surface area contributed by atoms with Gasteiger partial charge in [-0.2, -0.15) is 0 Å². The number of fused-ring (bicyclic) bond motifs is 1. The van der Waals surface area contributed by atoms with E-state index in [0.717, 1.165) is 26.6 Å². The van der Waals surface area contributed by atoms with Gasteiger partial charge in [0.2, 0.25) is 0 Å². The van der Waals surface area contributed by atoms with E-state index in [1.165, 1.54) is 11.1 Å². The van der Waals surface area contributed by atoms with E-state index < -0.39 is 0 Å². The first-order chi connectivity index (χ1) is 14.5. The molecule has 1 amide bonds. The van der Waals surface area contributed by atoms with Crippen molar-refractivity contribution in [1.29, 1.82) is 0 Å². The number of pyridine rings is 1. The lowest BCUT2D eigenvalue weighted by Crippen LogP contribution is -2.30. The van der Waals surface area contributed by atoms with Gasteiger partial charge in [-0.1, -0.05) is 30.4 Å². The zero-order valence-corrected chi connectivity index (χ0v) is 18.9. The summed E-state index contributed by atoms with van der Waals surface area (Å²) in [4.78, 5) is 25.6. The Labute approximate surface area is 185 Å². The number of anilines is 1. The van der Waals surface area contributed by atoms with E-state index in [0.29, 0.717) is 17.2 Å². The van der Waals surface area contributed by atoms with Gasteiger partial charge in [-0.3, -0.25) is 14.7 Å². The van der Waals surface area contributed by atoms with Crippen LogP contribution >= 0.6 is 23.1 Å². The standard InChI is InChI=1S/C24H23N3OS2/c1-4-29-20-10-7-8-18(14-20)23(28)27(15-19-9-5-6-11-25-19)24-26-21-12-16(2)17(3)13-22(21)30-24/h5-14H,4,15H2,1-3H3. The van der Waals surface area contributed by atoms with E-state index in [1.54, 1.807) is 34.2 Å². The molecule has 4 nitrogen and oxygen atoms in total. The summed E-state index contributed by atoms with van der Waals surface area (Å²) < 4.78 is 1.09. The first-order valence-electron chi connectivity index (χ1n) is 9.87. The number of aryl methyl sites for hydroxylation is 2. The van der Waals surface area contributed by atoms with Crippen LogP contribution < -0.4 is 4.90 Å². The number of amides is 1. The van der Waals surface area contributed by atoms with Crippen LogP contribution in [0.25, 0.3) is 10.2 Å². The van der Waals surface area contributed by atoms with E-state index in [4.69, 9.17) is 4.98 Å². The number of thiazole rings is 1. The number of hydrogen-bond donors (Lipinski definition) is 0. The second kappa shape index (κ2) is 8.98. The Morgan fingerprint density at radius 2 is 1.90 bits per heavy atom. The predicted octanol–water partition coefficient (Wildman–Crippen LogP) is 6.27. The fraction of sp³-hybridized carbons (Fsp3) is 0.208. The molecule has 0 aliphatic carbocycles. The third kappa shape index (κ3) is 4.40. The van der Waals surface area contributed by atoms with E-state index in [-0.39, 0.29) is 5.91 Å². The molecule has 2 aromatic carbocycles. The molecule has 2 aromatic heterocycles. The summed E-state index contributed by atoms with van der Waals surface area (Å²) in [5.74, 6) is 0.901. The first-order valence-corrected chi connectivity index (χ1v) is 11.7. The minimum absolute atomic E-state index is 0.0632. The summed E-state index contributed by atoms with van der Waals surface area (Å²) in [5.41, 5.74) is 4.84. The molecule has 6 heteroatoms. The van der Waals surface area contributed by atoms with E-state index in [1.807, 2.05) is 42.5 Å². The van der Waals surface area contributed by atoms with Crippen molar-refractivity contribution in [2.24, 2.45) is 0 Å². The Bertz CT molecular complexity index is 1150. The van der Waals surface area contributed by atoms with Gasteiger partial charge in [-0.15, -0.1) is 11.8 Å². The van der Waals surface area contributed by atoms with Crippen LogP contribution in [0.1, 0.15) is 34.1 Å². The van der Waals surface area contributed by atoms with Crippen LogP contribution in [0.3, 0.4) is 0 Å². The van der Waals surface area contributed by atoms with Gasteiger partial charge in [-0.25, -0.2) is 4.98 Å². The van der Waals surface area contributed by atoms with Crippen LogP contribution in [0.15, 0.2) is 65.7 Å². The number of carbonyl (C=O) groups is 1. The molecule has 4 rings (SSSR count). The number of aromatic nitrogens is 2. The molecule has 0 unspecified atom stereocenters. The zero-order valence-electron chi connectivity index (χ0n) is 17.3. The smallest absolute Gasteiger partial charge is 0.260 e. The Morgan fingerprint density at radius 1 is 1.07 bits per heavy atom. The fourth-order valence-electron chi connectivity index (χ4n) is 3.20. The van der Waals surface area contributed by atoms with Crippen molar-refractivity contribution in [2.75, 3.05) is 10.7 Å². The molecule has 0 aliphatic rings. The van der Waals surface area contributed by atoms with Gasteiger partial charge in [0, 0.05) is 16.7 Å². The van der Waals surface area contributed by atoms with E-state index in [2.05, 4.69) is 37.9 Å². The SMILES string of the molecule is CCSc1cccc(C(=O)N(Cc2ccccn2)c2nc3cc(C)c(C)cc3s2)c1. The van der Waals surface area contributed by atoms with Gasteiger partial charge in [-0.05, 0) is 73.2 Å². The molecule has 2 heterocycles. The van der Waals surface area contributed by atoms with Gasteiger partial charge in [0.1, 0.15) is 0 Å². The number of carbonyl (C=O) groups excluding carboxylic acids is 1. The fourth-order valence-corrected chi connectivity index (χ4v) is 4.97. The topological polar surface area (TPSA) is 46.1 Å². The Hall–Kier alpha value is -2.70. The average Bonchev–Trinajstić information content (AvgIpc) is 3.15. The van der Waals surface area contributed by atoms with E-state index >= 15 is 0 Å². The molecule has 0 N–H and O–H groups in total. The maximum Gasteiger partial charge on any atom is 0.260 e. The van der Waals surface area contributed by atoms with Crippen LogP contribution in [-0.2, 0) is 6.54 Å². The molecule has 30 heavy (non-hydrogen) atoms. The van der Waals surface area contributed by atoms with Crippen molar-refractivity contribution in [3.05, 3.63) is 83.2 Å². The summed E-state index contributed by atoms with van der Waals surface area (Å²) in [6.45, 7) is 6.67. The summed E-state index contributed by atoms with van der Waals surface area (Å²) in [6, 6.07) is 17.8. The van der Waals surface area contributed by atoms with Gasteiger partial charge in [0.25, 0.3) is 5.91 Å². The summed E-state index contributed by atoms with van der Waals surface area (Å²) in [7, 11) is 0. The molecule has 0 spiro atoms. The van der Waals surface area contributed by atoms with Crippen molar-refractivity contribution in [3.63, 3.8) is 0 Å². The van der Waals surface area contributed by atoms with Crippen LogP contribution in [0.5, 0.6) is 0 Å². The summed E-state index contributed by atoms with van der Waals surface area (Å²) in [5, 5.41) is 0.694. The minimum Gasteiger partial charge on any atom is -0.278 e. The maximum absolute atomic E-state index is 13.6. The highest BCUT2D eigenvalue weighted by atomic mass is 32.2. The molecular weight excluding hydrogens is 410 g/mol. The number of benzene rings is 2. The molecule has 0 aliphatic heterocycles. The lowest BCUT2D eigenvalue weighted by Gasteiger charge is -2.20. The summed E-state index contributed by atoms with van der Waals surface area (Å²) >= 11 is 3.28. The van der Waals surface area contributed by atoms with Crippen LogP contribution in [0, 0.1) is 13.8 Å². The lowest BCUT2D eigenvalue weighted by atomic mass is 10.1. The molecule has 0 saturated carbocycles. The second-order valence-electron chi connectivity index (χ2n) is 7.07. The molecule has 0 saturated heterocycles. The average molecular weight is 434 g/mol. The summed E-state index contributed by atoms with van der Waals surface area (Å²) in [6.07, 6.45) is 1.75. The molecular formula is C24H23N3OS2. The third-order valence-corrected chi connectivity index (χ3v) is 6.82. The van der Waals surface area contributed by atoms with Gasteiger partial charge in [0.05, 0.1) is 22.5 Å². The zero-order chi connectivity index (χ0) is 21.1. The highest BCUT2D eigenvalue weighted by Crippen LogP contribution is 2.32. The lowest BCUT2D eigenvalue weighted by molar-refractivity contribution is 0.0984. The second-order valence-corrected chi connectivity index (χ2v) is 9.42. The highest BCUT2D eigenvalue weighted by Gasteiger charge is 2.22. The van der Waals surface area contributed by atoms with Gasteiger partial charge >= 0.3 is 0 Å². The number of thioether (sulfide) groups is 1. The van der Waals surface area contributed by atoms with Crippen LogP contribution in [0.4, 0.5) is 5.13 Å². The monoisotopic (exact) mass is 433 g/mol. The molecule has 0 bridgehead atoms. The van der Waals surface area contributed by atoms with Crippen LogP contribution in [0.2, 0.25) is 0 Å². The van der Waals surface area contributed by atoms with Crippen molar-refractivity contribution >= 4 is 44.4 Å². The first kappa shape index (κ1) is 20.6. The number of hydrogen-bond acceptors (Lipinski definition) is 5. The molecule has 0 fully saturated rings. The largest absolute Gasteiger partial charge is 0.278 e. The minimum atomic E-state index is -0.0632. The van der Waals surface area contributed by atoms with Crippen LogP contribution in [-0.4, -0.2) is 21.6 Å². The van der Waals surface area contributed by atoms with E-state index in [9.17, 15) is 4.79 Å².